The second kappa shape index (κ2) is 6.44. The van der Waals surface area contributed by atoms with Crippen molar-refractivity contribution < 1.29 is 9.36 Å². The third-order valence-electron chi connectivity index (χ3n) is 3.85. The summed E-state index contributed by atoms with van der Waals surface area (Å²) < 4.78 is 2.09. The third-order valence-corrected chi connectivity index (χ3v) is 3.85. The highest BCUT2D eigenvalue weighted by Crippen LogP contribution is 2.19. The lowest BCUT2D eigenvalue weighted by atomic mass is 10.1. The second-order valence-corrected chi connectivity index (χ2v) is 5.44. The summed E-state index contributed by atoms with van der Waals surface area (Å²) in [6.07, 6.45) is 5.85. The zero-order chi connectivity index (χ0) is 16.2. The molecule has 3 rings (SSSR count). The minimum absolute atomic E-state index is 0.0155. The molecule has 2 aromatic carbocycles. The van der Waals surface area contributed by atoms with Crippen molar-refractivity contribution in [2.24, 2.45) is 7.05 Å². The van der Waals surface area contributed by atoms with Crippen LogP contribution in [-0.4, -0.2) is 5.91 Å². The first-order valence-corrected chi connectivity index (χ1v) is 7.57. The number of aryl methyl sites for hydroxylation is 1. The number of carbonyl (C=O) groups is 1. The molecule has 1 heterocycles. The number of aromatic nitrogens is 1. The topological polar surface area (TPSA) is 24.2 Å². The van der Waals surface area contributed by atoms with Crippen LogP contribution in [0.2, 0.25) is 0 Å². The lowest BCUT2D eigenvalue weighted by molar-refractivity contribution is -0.644. The first-order valence-electron chi connectivity index (χ1n) is 7.57. The van der Waals surface area contributed by atoms with Gasteiger partial charge >= 0.3 is 0 Å². The smallest absolute Gasteiger partial charge is 0.227 e. The van der Waals surface area contributed by atoms with E-state index in [9.17, 15) is 4.79 Å². The Morgan fingerprint density at radius 1 is 1.00 bits per heavy atom. The van der Waals surface area contributed by atoms with E-state index in [0.29, 0.717) is 0 Å². The van der Waals surface area contributed by atoms with Crippen molar-refractivity contribution >= 4 is 28.6 Å². The van der Waals surface area contributed by atoms with Crippen molar-refractivity contribution in [2.75, 3.05) is 4.90 Å². The second-order valence-electron chi connectivity index (χ2n) is 5.44. The third kappa shape index (κ3) is 3.14. The van der Waals surface area contributed by atoms with Gasteiger partial charge in [-0.15, -0.1) is 0 Å². The van der Waals surface area contributed by atoms with Crippen LogP contribution < -0.4 is 9.47 Å². The first-order chi connectivity index (χ1) is 11.2. The molecule has 3 nitrogen and oxygen atoms in total. The number of nitrogens with zero attached hydrogens (tertiary/aromatic N) is 2. The molecule has 114 valence electrons. The molecule has 0 fully saturated rings. The Hall–Kier alpha value is -2.94. The minimum Gasteiger partial charge on any atom is -0.288 e. The van der Waals surface area contributed by atoms with E-state index in [-0.39, 0.29) is 5.91 Å². The summed E-state index contributed by atoms with van der Waals surface area (Å²) in [6.45, 7) is 1.57. The minimum atomic E-state index is -0.0155. The predicted molar refractivity (Wildman–Crippen MR) is 93.8 cm³/mol. The Morgan fingerprint density at radius 2 is 1.70 bits per heavy atom. The number of carbonyl (C=O) groups excluding carboxylic acids is 1. The van der Waals surface area contributed by atoms with Gasteiger partial charge in [-0.3, -0.25) is 9.69 Å². The molecule has 0 unspecified atom stereocenters. The van der Waals surface area contributed by atoms with Crippen LogP contribution in [0, 0.1) is 0 Å². The van der Waals surface area contributed by atoms with Crippen molar-refractivity contribution in [1.29, 1.82) is 0 Å². The maximum Gasteiger partial charge on any atom is 0.227 e. The van der Waals surface area contributed by atoms with Crippen molar-refractivity contribution in [1.82, 2.24) is 0 Å². The van der Waals surface area contributed by atoms with Crippen LogP contribution >= 0.6 is 0 Å². The average molecular weight is 303 g/mol. The Morgan fingerprint density at radius 3 is 2.43 bits per heavy atom. The monoisotopic (exact) mass is 303 g/mol. The highest BCUT2D eigenvalue weighted by molar-refractivity contribution is 5.95. The molecule has 0 saturated heterocycles. The molecule has 0 N–H and O–H groups in total. The van der Waals surface area contributed by atoms with Crippen LogP contribution in [0.1, 0.15) is 12.5 Å². The van der Waals surface area contributed by atoms with Gasteiger partial charge in [0, 0.05) is 30.9 Å². The maximum absolute atomic E-state index is 12.0. The van der Waals surface area contributed by atoms with E-state index in [2.05, 4.69) is 22.8 Å². The number of hydrogen-bond donors (Lipinski definition) is 0. The maximum atomic E-state index is 12.0. The molecular formula is C20H19N2O+. The molecule has 0 aliphatic carbocycles. The predicted octanol–water partition coefficient (Wildman–Crippen LogP) is 3.69. The Balaban J connectivity index is 2.02. The summed E-state index contributed by atoms with van der Waals surface area (Å²) in [5, 5.41) is 1.16. The van der Waals surface area contributed by atoms with Crippen molar-refractivity contribution in [3.8, 4) is 0 Å². The van der Waals surface area contributed by atoms with Crippen molar-refractivity contribution in [3.05, 3.63) is 78.6 Å². The van der Waals surface area contributed by atoms with Crippen LogP contribution in [0.25, 0.3) is 17.0 Å². The molecule has 1 amide bonds. The molecule has 0 saturated carbocycles. The Labute approximate surface area is 136 Å². The molecule has 23 heavy (non-hydrogen) atoms. The summed E-state index contributed by atoms with van der Waals surface area (Å²) in [4.78, 5) is 13.6. The molecule has 0 radical (unpaired) electrons. The van der Waals surface area contributed by atoms with Gasteiger partial charge in [0.15, 0.2) is 6.20 Å². The van der Waals surface area contributed by atoms with Gasteiger partial charge in [0.1, 0.15) is 7.05 Å². The molecule has 1 aromatic heterocycles. The van der Waals surface area contributed by atoms with E-state index >= 15 is 0 Å². The van der Waals surface area contributed by atoms with E-state index in [1.165, 1.54) is 0 Å². The van der Waals surface area contributed by atoms with Crippen molar-refractivity contribution in [2.45, 2.75) is 6.92 Å². The quantitative estimate of drug-likeness (QED) is 0.677. The summed E-state index contributed by atoms with van der Waals surface area (Å²) in [5.41, 5.74) is 3.10. The number of hydrogen-bond acceptors (Lipinski definition) is 1. The van der Waals surface area contributed by atoms with Gasteiger partial charge in [0.05, 0.1) is 5.39 Å². The van der Waals surface area contributed by atoms with Gasteiger partial charge in [-0.25, -0.2) is 4.57 Å². The van der Waals surface area contributed by atoms with E-state index in [0.717, 1.165) is 22.2 Å². The van der Waals surface area contributed by atoms with Gasteiger partial charge in [-0.2, -0.15) is 0 Å². The molecule has 0 bridgehead atoms. The van der Waals surface area contributed by atoms with E-state index in [1.54, 1.807) is 11.8 Å². The standard InChI is InChI=1S/C20H19N2O/c1-16(23)22(18-8-4-3-5-9-18)15-13-17-12-14-21(2)20-11-7-6-10-19(17)20/h3-15H,1-2H3/q+1. The van der Waals surface area contributed by atoms with Crippen LogP contribution in [0.15, 0.2) is 73.1 Å². The van der Waals surface area contributed by atoms with Crippen LogP contribution in [-0.2, 0) is 11.8 Å². The molecule has 3 heteroatoms. The van der Waals surface area contributed by atoms with E-state index in [4.69, 9.17) is 0 Å². The Bertz CT molecular complexity index is 869. The first kappa shape index (κ1) is 15.0. The number of benzene rings is 2. The summed E-state index contributed by atoms with van der Waals surface area (Å²) in [6, 6.07) is 19.9. The lowest BCUT2D eigenvalue weighted by Crippen LogP contribution is -2.28. The van der Waals surface area contributed by atoms with Gasteiger partial charge < -0.3 is 0 Å². The van der Waals surface area contributed by atoms with Gasteiger partial charge in [0.2, 0.25) is 11.4 Å². The number of anilines is 1. The molecule has 0 spiro atoms. The number of fused-ring (bicyclic) bond motifs is 1. The lowest BCUT2D eigenvalue weighted by Gasteiger charge is -2.16. The normalized spacial score (nSPS) is 11.0. The largest absolute Gasteiger partial charge is 0.288 e. The summed E-state index contributed by atoms with van der Waals surface area (Å²) in [7, 11) is 2.03. The molecule has 0 aliphatic heterocycles. The summed E-state index contributed by atoms with van der Waals surface area (Å²) in [5.74, 6) is -0.0155. The van der Waals surface area contributed by atoms with Crippen LogP contribution in [0.5, 0.6) is 0 Å². The van der Waals surface area contributed by atoms with Crippen molar-refractivity contribution in [3.63, 3.8) is 0 Å². The number of pyridine rings is 1. The summed E-state index contributed by atoms with van der Waals surface area (Å²) >= 11 is 0. The number of rotatable bonds is 3. The fourth-order valence-electron chi connectivity index (χ4n) is 2.65. The molecule has 3 aromatic rings. The Kier molecular flexibility index (Phi) is 4.20. The van der Waals surface area contributed by atoms with E-state index < -0.39 is 0 Å². The fraction of sp³-hybridized carbons (Fsp3) is 0.100. The molecule has 0 atom stereocenters. The van der Waals surface area contributed by atoms with Gasteiger partial charge in [-0.1, -0.05) is 30.3 Å². The zero-order valence-electron chi connectivity index (χ0n) is 13.3. The average Bonchev–Trinajstić information content (AvgIpc) is 2.58. The molecular weight excluding hydrogens is 284 g/mol. The SMILES string of the molecule is CC(=O)N(/C=C/c1cc[n+](C)c2ccccc12)c1ccccc1. The van der Waals surface area contributed by atoms with Crippen LogP contribution in [0.4, 0.5) is 5.69 Å². The highest BCUT2D eigenvalue weighted by atomic mass is 16.2. The van der Waals surface area contributed by atoms with Gasteiger partial charge in [0.25, 0.3) is 0 Å². The highest BCUT2D eigenvalue weighted by Gasteiger charge is 2.09. The number of para-hydroxylation sites is 2. The van der Waals surface area contributed by atoms with E-state index in [1.807, 2.05) is 68.0 Å². The zero-order valence-corrected chi connectivity index (χ0v) is 13.3. The van der Waals surface area contributed by atoms with Crippen LogP contribution in [0.3, 0.4) is 0 Å². The van der Waals surface area contributed by atoms with Gasteiger partial charge in [-0.05, 0) is 29.8 Å². The molecule has 0 aliphatic rings. The fourth-order valence-corrected chi connectivity index (χ4v) is 2.65. The number of amides is 1.